The van der Waals surface area contributed by atoms with E-state index < -0.39 is 18.2 Å². The molecule has 2 rings (SSSR count). The molecule has 0 spiro atoms. The molecule has 2 aromatic rings. The van der Waals surface area contributed by atoms with Crippen LogP contribution in [-0.2, 0) is 9.59 Å². The Bertz CT molecular complexity index is 932. The number of hydrogen-bond donors (Lipinski definition) is 2. The molecule has 0 aliphatic rings. The first kappa shape index (κ1) is 26.5. The van der Waals surface area contributed by atoms with Gasteiger partial charge >= 0.3 is 0 Å². The van der Waals surface area contributed by atoms with Crippen LogP contribution >= 0.6 is 31.9 Å². The number of rotatable bonds is 12. The molecule has 8 nitrogen and oxygen atoms in total. The van der Waals surface area contributed by atoms with Crippen LogP contribution in [0.25, 0.3) is 0 Å². The van der Waals surface area contributed by atoms with Crippen molar-refractivity contribution in [1.82, 2.24) is 10.9 Å². The topological polar surface area (TPSA) is 101 Å². The highest BCUT2D eigenvalue weighted by Gasteiger charge is 2.09. The van der Waals surface area contributed by atoms with Gasteiger partial charge in [0.15, 0.2) is 0 Å². The van der Waals surface area contributed by atoms with Crippen molar-refractivity contribution < 1.29 is 19.1 Å². The molecule has 0 aliphatic heterocycles. The largest absolute Gasteiger partial charge is 0.493 e. The maximum absolute atomic E-state index is 12.0. The summed E-state index contributed by atoms with van der Waals surface area (Å²) in [6.07, 6.45) is 4.25. The maximum atomic E-state index is 12.0. The van der Waals surface area contributed by atoms with Gasteiger partial charge in [-0.05, 0) is 49.2 Å². The van der Waals surface area contributed by atoms with Crippen molar-refractivity contribution in [3.05, 3.63) is 56.5 Å². The molecular weight excluding hydrogens is 556 g/mol. The SMILES string of the molecule is CCCOc1ccc(Br)cc1/C=N\NC(=O)CC(=O)N/N=C\c1cc(Br)ccc1OCCC. The molecule has 0 saturated carbocycles. The smallest absolute Gasteiger partial charge is 0.249 e. The zero-order valence-electron chi connectivity index (χ0n) is 18.4. The molecule has 2 aromatic carbocycles. The van der Waals surface area contributed by atoms with E-state index >= 15 is 0 Å². The summed E-state index contributed by atoms with van der Waals surface area (Å²) in [5.74, 6) is 0.165. The van der Waals surface area contributed by atoms with Gasteiger partial charge in [-0.25, -0.2) is 10.9 Å². The summed E-state index contributed by atoms with van der Waals surface area (Å²) < 4.78 is 13.0. The molecule has 0 bridgehead atoms. The van der Waals surface area contributed by atoms with Crippen molar-refractivity contribution in [3.8, 4) is 11.5 Å². The van der Waals surface area contributed by atoms with Gasteiger partial charge in [0.05, 0.1) is 25.6 Å². The third-order valence-electron chi connectivity index (χ3n) is 3.97. The Morgan fingerprint density at radius 1 is 0.818 bits per heavy atom. The van der Waals surface area contributed by atoms with Crippen LogP contribution in [0.5, 0.6) is 11.5 Å². The normalized spacial score (nSPS) is 11.0. The van der Waals surface area contributed by atoms with E-state index in [9.17, 15) is 9.59 Å². The molecule has 0 aromatic heterocycles. The summed E-state index contributed by atoms with van der Waals surface area (Å²) in [7, 11) is 0. The third kappa shape index (κ3) is 9.75. The summed E-state index contributed by atoms with van der Waals surface area (Å²) in [5.41, 5.74) is 6.06. The Hall–Kier alpha value is -2.72. The number of amides is 2. The number of nitrogens with one attached hydrogen (secondary N) is 2. The number of carbonyl (C=O) groups is 2. The maximum Gasteiger partial charge on any atom is 0.249 e. The van der Waals surface area contributed by atoms with Gasteiger partial charge in [-0.1, -0.05) is 45.7 Å². The molecule has 2 N–H and O–H groups in total. The van der Waals surface area contributed by atoms with E-state index in [0.717, 1.165) is 21.8 Å². The van der Waals surface area contributed by atoms with Crippen molar-refractivity contribution in [1.29, 1.82) is 0 Å². The van der Waals surface area contributed by atoms with Gasteiger partial charge in [0.2, 0.25) is 11.8 Å². The minimum absolute atomic E-state index is 0.427. The van der Waals surface area contributed by atoms with E-state index in [1.807, 2.05) is 50.2 Å². The zero-order chi connectivity index (χ0) is 24.1. The summed E-state index contributed by atoms with van der Waals surface area (Å²) in [5, 5.41) is 7.83. The number of hydrazone groups is 2. The van der Waals surface area contributed by atoms with Crippen molar-refractivity contribution >= 4 is 56.1 Å². The molecule has 10 heteroatoms. The number of hydrogen-bond acceptors (Lipinski definition) is 6. The zero-order valence-corrected chi connectivity index (χ0v) is 21.6. The highest BCUT2D eigenvalue weighted by molar-refractivity contribution is 9.10. The Balaban J connectivity index is 1.88. The van der Waals surface area contributed by atoms with Crippen molar-refractivity contribution in [3.63, 3.8) is 0 Å². The van der Waals surface area contributed by atoms with Crippen molar-refractivity contribution in [2.75, 3.05) is 13.2 Å². The van der Waals surface area contributed by atoms with E-state index in [2.05, 4.69) is 52.9 Å². The molecule has 176 valence electrons. The lowest BCUT2D eigenvalue weighted by molar-refractivity contribution is -0.129. The molecule has 0 fully saturated rings. The van der Waals surface area contributed by atoms with Crippen LogP contribution < -0.4 is 20.3 Å². The Labute approximate surface area is 210 Å². The fraction of sp³-hybridized carbons (Fsp3) is 0.304. The predicted octanol–water partition coefficient (Wildman–Crippen LogP) is 4.78. The third-order valence-corrected chi connectivity index (χ3v) is 4.96. The van der Waals surface area contributed by atoms with Gasteiger partial charge in [-0.2, -0.15) is 10.2 Å². The molecule has 0 atom stereocenters. The predicted molar refractivity (Wildman–Crippen MR) is 136 cm³/mol. The van der Waals surface area contributed by atoms with Gasteiger partial charge in [0.1, 0.15) is 17.9 Å². The van der Waals surface area contributed by atoms with Crippen molar-refractivity contribution in [2.45, 2.75) is 33.1 Å². The summed E-state index contributed by atoms with van der Waals surface area (Å²) >= 11 is 6.80. The number of ether oxygens (including phenoxy) is 2. The van der Waals surface area contributed by atoms with E-state index in [1.54, 1.807) is 0 Å². The number of benzene rings is 2. The Morgan fingerprint density at radius 2 is 1.24 bits per heavy atom. The molecular formula is C23H26Br2N4O4. The van der Waals surface area contributed by atoms with Gasteiger partial charge in [0.25, 0.3) is 0 Å². The van der Waals surface area contributed by atoms with Crippen LogP contribution in [0.15, 0.2) is 55.5 Å². The Morgan fingerprint density at radius 3 is 1.64 bits per heavy atom. The molecule has 0 radical (unpaired) electrons. The van der Waals surface area contributed by atoms with Crippen LogP contribution in [0, 0.1) is 0 Å². The second-order valence-corrected chi connectivity index (χ2v) is 8.66. The van der Waals surface area contributed by atoms with E-state index in [-0.39, 0.29) is 0 Å². The van der Waals surface area contributed by atoms with Gasteiger partial charge in [-0.3, -0.25) is 9.59 Å². The molecule has 0 saturated heterocycles. The monoisotopic (exact) mass is 580 g/mol. The molecule has 0 aliphatic carbocycles. The van der Waals surface area contributed by atoms with Gasteiger partial charge in [0, 0.05) is 20.1 Å². The summed E-state index contributed by atoms with van der Waals surface area (Å²) in [4.78, 5) is 24.0. The highest BCUT2D eigenvalue weighted by Crippen LogP contribution is 2.23. The summed E-state index contributed by atoms with van der Waals surface area (Å²) in [6, 6.07) is 11.0. The van der Waals surface area contributed by atoms with Crippen LogP contribution in [0.4, 0.5) is 0 Å². The van der Waals surface area contributed by atoms with E-state index in [4.69, 9.17) is 9.47 Å². The lowest BCUT2D eigenvalue weighted by Crippen LogP contribution is -2.27. The van der Waals surface area contributed by atoms with E-state index in [0.29, 0.717) is 35.8 Å². The van der Waals surface area contributed by atoms with E-state index in [1.165, 1.54) is 12.4 Å². The first-order valence-electron chi connectivity index (χ1n) is 10.4. The van der Waals surface area contributed by atoms with Crippen LogP contribution in [0.1, 0.15) is 44.2 Å². The first-order valence-corrected chi connectivity index (χ1v) is 12.0. The van der Waals surface area contributed by atoms with Gasteiger partial charge in [-0.15, -0.1) is 0 Å². The summed E-state index contributed by atoms with van der Waals surface area (Å²) in [6.45, 7) is 5.17. The molecule has 2 amide bonds. The first-order chi connectivity index (χ1) is 15.9. The van der Waals surface area contributed by atoms with Crippen LogP contribution in [0.2, 0.25) is 0 Å². The second-order valence-electron chi connectivity index (χ2n) is 6.82. The molecule has 0 unspecified atom stereocenters. The number of carbonyl (C=O) groups excluding carboxylic acids is 2. The highest BCUT2D eigenvalue weighted by atomic mass is 79.9. The second kappa shape index (κ2) is 14.4. The average molecular weight is 582 g/mol. The number of halogens is 2. The average Bonchev–Trinajstić information content (AvgIpc) is 2.78. The standard InChI is InChI=1S/C23H26Br2N4O4/c1-3-9-32-20-7-5-18(24)11-16(20)14-26-28-22(30)13-23(31)29-27-15-17-12-19(25)6-8-21(17)33-10-4-2/h5-8,11-12,14-15H,3-4,9-10,13H2,1-2H3,(H,28,30)(H,29,31)/b26-14-,27-15-. The molecule has 33 heavy (non-hydrogen) atoms. The number of nitrogens with zero attached hydrogens (tertiary/aromatic N) is 2. The molecule has 0 heterocycles. The minimum Gasteiger partial charge on any atom is -0.493 e. The lowest BCUT2D eigenvalue weighted by atomic mass is 10.2. The van der Waals surface area contributed by atoms with Crippen molar-refractivity contribution in [2.24, 2.45) is 10.2 Å². The fourth-order valence-electron chi connectivity index (χ4n) is 2.50. The lowest BCUT2D eigenvalue weighted by Gasteiger charge is -2.08. The Kier molecular flexibility index (Phi) is 11.6. The fourth-order valence-corrected chi connectivity index (χ4v) is 3.26. The van der Waals surface area contributed by atoms with Gasteiger partial charge < -0.3 is 9.47 Å². The van der Waals surface area contributed by atoms with Crippen LogP contribution in [0.3, 0.4) is 0 Å². The van der Waals surface area contributed by atoms with Crippen LogP contribution in [-0.4, -0.2) is 37.5 Å². The quantitative estimate of drug-likeness (QED) is 0.214. The minimum atomic E-state index is -0.570.